The molecule has 4 atom stereocenters. The highest BCUT2D eigenvalue weighted by atomic mass is 16.5. The monoisotopic (exact) mass is 359 g/mol. The molecule has 0 aliphatic carbocycles. The van der Waals surface area contributed by atoms with E-state index >= 15 is 0 Å². The number of hydrogen-bond donors (Lipinski definition) is 2. The first kappa shape index (κ1) is 16.0. The second kappa shape index (κ2) is 5.67. The maximum absolute atomic E-state index is 12.9. The van der Waals surface area contributed by atoms with E-state index in [1.165, 1.54) is 4.57 Å². The molecule has 1 aromatic carbocycles. The predicted molar refractivity (Wildman–Crippen MR) is 91.6 cm³/mol. The van der Waals surface area contributed by atoms with Crippen molar-refractivity contribution in [1.29, 1.82) is 0 Å². The summed E-state index contributed by atoms with van der Waals surface area (Å²) >= 11 is 0. The van der Waals surface area contributed by atoms with Crippen LogP contribution in [0.4, 0.5) is 0 Å². The number of benzene rings is 1. The first-order chi connectivity index (χ1) is 12.6. The van der Waals surface area contributed by atoms with Gasteiger partial charge < -0.3 is 24.5 Å². The Morgan fingerprint density at radius 1 is 1.38 bits per heavy atom. The van der Waals surface area contributed by atoms with Gasteiger partial charge in [0, 0.05) is 38.1 Å². The Balaban J connectivity index is 1.39. The summed E-state index contributed by atoms with van der Waals surface area (Å²) in [6.07, 6.45) is 0.0106. The fourth-order valence-corrected chi connectivity index (χ4v) is 4.89. The van der Waals surface area contributed by atoms with Crippen LogP contribution in [0.3, 0.4) is 0 Å². The van der Waals surface area contributed by atoms with Gasteiger partial charge in [0.1, 0.15) is 12.1 Å². The van der Waals surface area contributed by atoms with Crippen LogP contribution in [0.15, 0.2) is 33.5 Å². The minimum atomic E-state index is -0.527. The molecule has 2 N–H and O–H groups in total. The molecule has 2 aromatic rings. The summed E-state index contributed by atoms with van der Waals surface area (Å²) in [5, 5.41) is 13.1. The van der Waals surface area contributed by atoms with Crippen molar-refractivity contribution < 1.29 is 19.1 Å². The standard InChI is InChI=1S/C18H21N3O5/c22-8-11-12-6-20(10-18(12)9-19-5-15(11)26-18)16(23)7-21-13-3-1-2-4-14(13)25-17(21)24/h1-4,11-12,15,19,22H,5-10H2/t11-,12+,15+,18+/m0/s1. The molecule has 2 bridgehead atoms. The number of nitrogens with one attached hydrogen (secondary N) is 1. The van der Waals surface area contributed by atoms with Crippen molar-refractivity contribution in [3.63, 3.8) is 0 Å². The lowest BCUT2D eigenvalue weighted by Gasteiger charge is -2.33. The average Bonchev–Trinajstić information content (AvgIpc) is 3.20. The van der Waals surface area contributed by atoms with Crippen LogP contribution in [0.5, 0.6) is 0 Å². The summed E-state index contributed by atoms with van der Waals surface area (Å²) in [6.45, 7) is 2.47. The van der Waals surface area contributed by atoms with Crippen LogP contribution in [0.1, 0.15) is 0 Å². The first-order valence-corrected chi connectivity index (χ1v) is 8.97. The summed E-state index contributed by atoms with van der Waals surface area (Å²) < 4.78 is 12.8. The number of nitrogens with zero attached hydrogens (tertiary/aromatic N) is 2. The van der Waals surface area contributed by atoms with Gasteiger partial charge in [0.25, 0.3) is 0 Å². The summed E-state index contributed by atoms with van der Waals surface area (Å²) in [5.41, 5.74) is 0.674. The highest BCUT2D eigenvalue weighted by Crippen LogP contribution is 2.47. The molecular weight excluding hydrogens is 338 g/mol. The number of para-hydroxylation sites is 2. The van der Waals surface area contributed by atoms with Crippen molar-refractivity contribution in [2.45, 2.75) is 18.2 Å². The van der Waals surface area contributed by atoms with E-state index in [1.54, 1.807) is 23.1 Å². The lowest BCUT2D eigenvalue weighted by Crippen LogP contribution is -2.52. The molecule has 8 nitrogen and oxygen atoms in total. The predicted octanol–water partition coefficient (Wildman–Crippen LogP) is -0.598. The molecule has 26 heavy (non-hydrogen) atoms. The van der Waals surface area contributed by atoms with Gasteiger partial charge in [0.2, 0.25) is 5.91 Å². The zero-order valence-electron chi connectivity index (χ0n) is 14.3. The van der Waals surface area contributed by atoms with Crippen LogP contribution in [-0.2, 0) is 16.1 Å². The van der Waals surface area contributed by atoms with E-state index in [4.69, 9.17) is 9.15 Å². The molecule has 3 fully saturated rings. The number of fused-ring (bicyclic) bond motifs is 2. The maximum Gasteiger partial charge on any atom is 0.420 e. The summed E-state index contributed by atoms with van der Waals surface area (Å²) in [4.78, 5) is 26.7. The van der Waals surface area contributed by atoms with E-state index in [0.29, 0.717) is 30.7 Å². The quantitative estimate of drug-likeness (QED) is 0.760. The van der Waals surface area contributed by atoms with E-state index in [9.17, 15) is 14.7 Å². The zero-order chi connectivity index (χ0) is 17.9. The van der Waals surface area contributed by atoms with E-state index in [0.717, 1.165) is 6.54 Å². The van der Waals surface area contributed by atoms with Crippen LogP contribution in [0.2, 0.25) is 0 Å². The molecule has 3 aliphatic rings. The SMILES string of the molecule is O=C(Cn1c(=O)oc2ccccc21)N1C[C@@H]2[C@H](CO)[C@H]3CNC[C@]2(C1)O3. The van der Waals surface area contributed by atoms with Gasteiger partial charge >= 0.3 is 5.76 Å². The zero-order valence-corrected chi connectivity index (χ0v) is 14.3. The molecule has 138 valence electrons. The normalized spacial score (nSPS) is 33.0. The summed E-state index contributed by atoms with van der Waals surface area (Å²) in [5.74, 6) is -0.500. The lowest BCUT2D eigenvalue weighted by atomic mass is 9.83. The first-order valence-electron chi connectivity index (χ1n) is 8.97. The van der Waals surface area contributed by atoms with Crippen LogP contribution in [0, 0.1) is 11.8 Å². The van der Waals surface area contributed by atoms with Gasteiger partial charge in [0.15, 0.2) is 5.58 Å². The highest BCUT2D eigenvalue weighted by Gasteiger charge is 2.61. The molecule has 0 saturated carbocycles. The van der Waals surface area contributed by atoms with Crippen molar-refractivity contribution in [2.24, 2.45) is 11.8 Å². The van der Waals surface area contributed by atoms with Crippen molar-refractivity contribution in [3.8, 4) is 0 Å². The summed E-state index contributed by atoms with van der Waals surface area (Å²) in [6, 6.07) is 7.08. The number of hydrogen-bond acceptors (Lipinski definition) is 6. The molecule has 4 heterocycles. The molecule has 0 radical (unpaired) electrons. The smallest absolute Gasteiger partial charge is 0.408 e. The fraction of sp³-hybridized carbons (Fsp3) is 0.556. The fourth-order valence-electron chi connectivity index (χ4n) is 4.89. The van der Waals surface area contributed by atoms with Crippen molar-refractivity contribution >= 4 is 17.0 Å². The minimum Gasteiger partial charge on any atom is -0.408 e. The second-order valence-electron chi connectivity index (χ2n) is 7.50. The van der Waals surface area contributed by atoms with E-state index in [-0.39, 0.29) is 37.0 Å². The van der Waals surface area contributed by atoms with E-state index < -0.39 is 11.4 Å². The number of ether oxygens (including phenoxy) is 1. The van der Waals surface area contributed by atoms with E-state index in [1.807, 2.05) is 6.07 Å². The maximum atomic E-state index is 12.9. The third kappa shape index (κ3) is 2.19. The van der Waals surface area contributed by atoms with Crippen molar-refractivity contribution in [3.05, 3.63) is 34.8 Å². The van der Waals surface area contributed by atoms with Gasteiger partial charge in [-0.3, -0.25) is 9.36 Å². The molecular formula is C18H21N3O5. The highest BCUT2D eigenvalue weighted by molar-refractivity contribution is 5.80. The molecule has 5 rings (SSSR count). The number of likely N-dealkylation sites (tertiary alicyclic amines) is 1. The molecule has 3 aliphatic heterocycles. The Labute approximate surface area is 149 Å². The third-order valence-corrected chi connectivity index (χ3v) is 6.13. The Hall–Kier alpha value is -2.16. The molecule has 1 amide bonds. The average molecular weight is 359 g/mol. The largest absolute Gasteiger partial charge is 0.420 e. The number of aromatic nitrogens is 1. The molecule has 1 aromatic heterocycles. The van der Waals surface area contributed by atoms with Gasteiger partial charge in [-0.15, -0.1) is 0 Å². The Morgan fingerprint density at radius 3 is 3.08 bits per heavy atom. The minimum absolute atomic E-state index is 0.0106. The van der Waals surface area contributed by atoms with Gasteiger partial charge in [-0.2, -0.15) is 0 Å². The molecule has 1 spiro atoms. The van der Waals surface area contributed by atoms with Crippen LogP contribution >= 0.6 is 0 Å². The Kier molecular flexibility index (Phi) is 3.50. The summed E-state index contributed by atoms with van der Waals surface area (Å²) in [7, 11) is 0. The number of carbonyl (C=O) groups excluding carboxylic acids is 1. The number of aliphatic hydroxyl groups is 1. The number of rotatable bonds is 3. The van der Waals surface area contributed by atoms with E-state index in [2.05, 4.69) is 5.32 Å². The van der Waals surface area contributed by atoms with Crippen LogP contribution in [0.25, 0.3) is 11.1 Å². The third-order valence-electron chi connectivity index (χ3n) is 6.13. The second-order valence-corrected chi connectivity index (χ2v) is 7.50. The number of morpholine rings is 1. The number of aliphatic hydroxyl groups excluding tert-OH is 1. The van der Waals surface area contributed by atoms with Gasteiger partial charge in [0.05, 0.1) is 18.2 Å². The van der Waals surface area contributed by atoms with Crippen LogP contribution in [-0.4, -0.2) is 65.0 Å². The Morgan fingerprint density at radius 2 is 2.23 bits per heavy atom. The molecule has 3 saturated heterocycles. The van der Waals surface area contributed by atoms with Gasteiger partial charge in [-0.05, 0) is 12.1 Å². The number of oxazole rings is 1. The number of carbonyl (C=O) groups is 1. The molecule has 8 heteroatoms. The van der Waals surface area contributed by atoms with Crippen molar-refractivity contribution in [2.75, 3.05) is 32.8 Å². The topological polar surface area (TPSA) is 96.9 Å². The van der Waals surface area contributed by atoms with Gasteiger partial charge in [-0.1, -0.05) is 12.1 Å². The van der Waals surface area contributed by atoms with Crippen LogP contribution < -0.4 is 11.1 Å². The lowest BCUT2D eigenvalue weighted by molar-refractivity contribution is -0.134. The molecule has 0 unspecified atom stereocenters. The number of amides is 1. The van der Waals surface area contributed by atoms with Crippen molar-refractivity contribution in [1.82, 2.24) is 14.8 Å². The van der Waals surface area contributed by atoms with Gasteiger partial charge in [-0.25, -0.2) is 4.79 Å². The Bertz CT molecular complexity index is 921.